The highest BCUT2D eigenvalue weighted by molar-refractivity contribution is 5.35. The first kappa shape index (κ1) is 24.1. The molecular weight excluding hydrogens is 386 g/mol. The van der Waals surface area contributed by atoms with Gasteiger partial charge in [0.1, 0.15) is 6.04 Å². The number of aliphatic hydroxyl groups is 2. The van der Waals surface area contributed by atoms with Crippen molar-refractivity contribution in [3.63, 3.8) is 0 Å². The van der Waals surface area contributed by atoms with E-state index < -0.39 is 17.7 Å². The molecule has 3 saturated carbocycles. The maximum atomic E-state index is 11.1. The van der Waals surface area contributed by atoms with Crippen LogP contribution in [0.2, 0.25) is 0 Å². The third-order valence-corrected chi connectivity index (χ3v) is 8.03. The molecule has 0 saturated heterocycles. The molecular formula is C27H41NO3. The van der Waals surface area contributed by atoms with Crippen molar-refractivity contribution in [2.24, 2.45) is 16.5 Å². The van der Waals surface area contributed by atoms with Gasteiger partial charge in [-0.3, -0.25) is 0 Å². The lowest BCUT2D eigenvalue weighted by Gasteiger charge is -2.40. The van der Waals surface area contributed by atoms with Crippen molar-refractivity contribution in [3.05, 3.63) is 51.5 Å². The molecule has 2 N–H and O–H groups in total. The fourth-order valence-electron chi connectivity index (χ4n) is 6.22. The highest BCUT2D eigenvalue weighted by atomic mass is 16.3. The predicted octanol–water partition coefficient (Wildman–Crippen LogP) is 6.54. The second-order valence-electron chi connectivity index (χ2n) is 11.0. The molecule has 0 radical (unpaired) electrons. The molecule has 1 unspecified atom stereocenters. The average Bonchev–Trinajstić information content (AvgIpc) is 3.05. The van der Waals surface area contributed by atoms with Crippen LogP contribution in [0.3, 0.4) is 0 Å². The van der Waals surface area contributed by atoms with Crippen molar-refractivity contribution < 1.29 is 10.2 Å². The lowest BCUT2D eigenvalue weighted by atomic mass is 9.64. The highest BCUT2D eigenvalue weighted by Gasteiger charge is 2.46. The molecule has 4 nitrogen and oxygen atoms in total. The van der Waals surface area contributed by atoms with Gasteiger partial charge in [-0.1, -0.05) is 53.1 Å². The average molecular weight is 428 g/mol. The number of nitrogens with zero attached hydrogens (tertiary/aromatic N) is 1. The first-order chi connectivity index (χ1) is 14.5. The summed E-state index contributed by atoms with van der Waals surface area (Å²) in [6, 6.07) is -0.502. The molecule has 3 aliphatic carbocycles. The zero-order valence-electron chi connectivity index (χ0n) is 19.9. The maximum Gasteiger partial charge on any atom is 0.119 e. The molecule has 0 heterocycles. The summed E-state index contributed by atoms with van der Waals surface area (Å²) in [5, 5.41) is 23.4. The third kappa shape index (κ3) is 5.46. The van der Waals surface area contributed by atoms with E-state index in [4.69, 9.17) is 0 Å². The molecule has 0 aromatic heterocycles. The Hall–Kier alpha value is -1.52. The molecule has 4 atom stereocenters. The Balaban J connectivity index is 1.75. The molecule has 0 aliphatic heterocycles. The summed E-state index contributed by atoms with van der Waals surface area (Å²) in [6.07, 6.45) is 13.8. The zero-order valence-corrected chi connectivity index (χ0v) is 19.9. The van der Waals surface area contributed by atoms with Crippen LogP contribution in [0.25, 0.3) is 0 Å². The van der Waals surface area contributed by atoms with Crippen LogP contribution in [0.15, 0.2) is 51.8 Å². The van der Waals surface area contributed by atoms with Gasteiger partial charge in [-0.2, -0.15) is 4.91 Å². The van der Waals surface area contributed by atoms with E-state index in [0.717, 1.165) is 31.3 Å². The van der Waals surface area contributed by atoms with Crippen LogP contribution >= 0.6 is 0 Å². The summed E-state index contributed by atoms with van der Waals surface area (Å²) in [4.78, 5) is 11.1. The third-order valence-electron chi connectivity index (χ3n) is 8.03. The van der Waals surface area contributed by atoms with Gasteiger partial charge in [0.15, 0.2) is 0 Å². The molecule has 0 aromatic rings. The number of hydrogen-bond acceptors (Lipinski definition) is 4. The summed E-state index contributed by atoms with van der Waals surface area (Å²) >= 11 is 0. The number of hydrogen-bond donors (Lipinski definition) is 2. The summed E-state index contributed by atoms with van der Waals surface area (Å²) in [6.45, 7) is 12.4. The normalized spacial score (nSPS) is 36.1. The lowest BCUT2D eigenvalue weighted by Crippen LogP contribution is -2.29. The Labute approximate surface area is 188 Å². The Morgan fingerprint density at radius 3 is 2.71 bits per heavy atom. The molecule has 0 spiro atoms. The number of aliphatic hydroxyl groups excluding tert-OH is 1. The molecule has 0 bridgehead atoms. The first-order valence-corrected chi connectivity index (χ1v) is 12.0. The minimum atomic E-state index is -0.662. The number of allylic oxidation sites excluding steroid dienone is 5. The van der Waals surface area contributed by atoms with Crippen LogP contribution in [0, 0.1) is 16.2 Å². The molecule has 3 rings (SSSR count). The minimum Gasteiger partial charge on any atom is -0.390 e. The Morgan fingerprint density at radius 2 is 2.03 bits per heavy atom. The Kier molecular flexibility index (Phi) is 7.43. The smallest absolute Gasteiger partial charge is 0.119 e. The van der Waals surface area contributed by atoms with E-state index in [1.165, 1.54) is 36.8 Å². The first-order valence-electron chi connectivity index (χ1n) is 12.0. The minimum absolute atomic E-state index is 0.245. The fourth-order valence-corrected chi connectivity index (χ4v) is 6.22. The SMILES string of the molecule is C=C1[C@H](O)C/C(=C\C=C2/CCC[C@]3(C)/C(=C(\C)CCCC(C)(C)O)CCC23)C[C@H]1N=O. The standard InChI is InChI=1S/C27H41NO3/c1-18(8-6-14-26(3,4)30)22-12-13-23-21(9-7-15-27(22,23)5)11-10-20-16-24(28-31)19(2)25(29)17-20/h10-11,23-25,29-30H,2,6-9,12-17H2,1,3-5H3/b20-10-,21-11+,22-18+/t23?,24-,25-,27-/m1/s1. The molecule has 172 valence electrons. The number of fused-ring (bicyclic) bond motifs is 1. The monoisotopic (exact) mass is 427 g/mol. The van der Waals surface area contributed by atoms with E-state index in [-0.39, 0.29) is 5.41 Å². The molecule has 3 aliphatic rings. The summed E-state index contributed by atoms with van der Waals surface area (Å²) in [5.74, 6) is 0.584. The van der Waals surface area contributed by atoms with Crippen molar-refractivity contribution in [1.82, 2.24) is 0 Å². The lowest BCUT2D eigenvalue weighted by molar-refractivity contribution is 0.0689. The molecule has 3 fully saturated rings. The second-order valence-corrected chi connectivity index (χ2v) is 11.0. The van der Waals surface area contributed by atoms with Gasteiger partial charge in [0, 0.05) is 0 Å². The van der Waals surface area contributed by atoms with Crippen LogP contribution in [0.4, 0.5) is 0 Å². The second kappa shape index (κ2) is 9.54. The van der Waals surface area contributed by atoms with Gasteiger partial charge in [0.25, 0.3) is 0 Å². The van der Waals surface area contributed by atoms with Crippen LogP contribution in [-0.4, -0.2) is 28.0 Å². The number of nitroso groups, excluding NO2 is 1. The van der Waals surface area contributed by atoms with Gasteiger partial charge in [-0.25, -0.2) is 0 Å². The summed E-state index contributed by atoms with van der Waals surface area (Å²) in [7, 11) is 0. The van der Waals surface area contributed by atoms with Gasteiger partial charge in [0.05, 0.1) is 11.7 Å². The van der Waals surface area contributed by atoms with Gasteiger partial charge < -0.3 is 10.2 Å². The highest BCUT2D eigenvalue weighted by Crippen LogP contribution is 2.58. The quantitative estimate of drug-likeness (QED) is 0.373. The van der Waals surface area contributed by atoms with E-state index in [2.05, 4.69) is 37.8 Å². The molecule has 31 heavy (non-hydrogen) atoms. The van der Waals surface area contributed by atoms with Crippen molar-refractivity contribution in [3.8, 4) is 0 Å². The zero-order chi connectivity index (χ0) is 22.8. The van der Waals surface area contributed by atoms with E-state index >= 15 is 0 Å². The van der Waals surface area contributed by atoms with Crippen LogP contribution < -0.4 is 0 Å². The van der Waals surface area contributed by atoms with Gasteiger partial charge in [0.2, 0.25) is 0 Å². The van der Waals surface area contributed by atoms with E-state index in [1.54, 1.807) is 5.57 Å². The van der Waals surface area contributed by atoms with E-state index in [0.29, 0.717) is 24.3 Å². The predicted molar refractivity (Wildman–Crippen MR) is 128 cm³/mol. The van der Waals surface area contributed by atoms with Crippen LogP contribution in [-0.2, 0) is 0 Å². The van der Waals surface area contributed by atoms with Gasteiger partial charge in [-0.05, 0) is 102 Å². The molecule has 0 aromatic carbocycles. The Morgan fingerprint density at radius 1 is 1.29 bits per heavy atom. The van der Waals surface area contributed by atoms with Gasteiger partial charge in [-0.15, -0.1) is 0 Å². The molecule has 4 heteroatoms. The molecule has 0 amide bonds. The van der Waals surface area contributed by atoms with E-state index in [1.807, 2.05) is 13.8 Å². The topological polar surface area (TPSA) is 69.9 Å². The van der Waals surface area contributed by atoms with Crippen LogP contribution in [0.1, 0.15) is 91.9 Å². The summed E-state index contributed by atoms with van der Waals surface area (Å²) < 4.78 is 0. The fraction of sp³-hybridized carbons (Fsp3) is 0.704. The number of rotatable bonds is 6. The van der Waals surface area contributed by atoms with Crippen molar-refractivity contribution in [1.29, 1.82) is 0 Å². The van der Waals surface area contributed by atoms with Gasteiger partial charge >= 0.3 is 0 Å². The van der Waals surface area contributed by atoms with Crippen molar-refractivity contribution in [2.45, 2.75) is 110 Å². The van der Waals surface area contributed by atoms with Crippen molar-refractivity contribution >= 4 is 0 Å². The van der Waals surface area contributed by atoms with E-state index in [9.17, 15) is 15.1 Å². The largest absolute Gasteiger partial charge is 0.390 e. The Bertz CT molecular complexity index is 798. The maximum absolute atomic E-state index is 11.1. The van der Waals surface area contributed by atoms with Crippen molar-refractivity contribution in [2.75, 3.05) is 0 Å². The summed E-state index contributed by atoms with van der Waals surface area (Å²) in [5.41, 5.74) is 6.02. The van der Waals surface area contributed by atoms with Crippen LogP contribution in [0.5, 0.6) is 0 Å².